The summed E-state index contributed by atoms with van der Waals surface area (Å²) in [5.41, 5.74) is 5.54. The summed E-state index contributed by atoms with van der Waals surface area (Å²) in [6.07, 6.45) is 6.23. The predicted molar refractivity (Wildman–Crippen MR) is 190 cm³/mol. The molecule has 11 heteroatoms. The first-order valence-corrected chi connectivity index (χ1v) is 18.4. The van der Waals surface area contributed by atoms with Crippen molar-refractivity contribution < 1.29 is 17.9 Å². The number of benzene rings is 2. The van der Waals surface area contributed by atoms with Gasteiger partial charge in [-0.15, -0.1) is 0 Å². The van der Waals surface area contributed by atoms with Crippen LogP contribution in [-0.4, -0.2) is 59.4 Å². The van der Waals surface area contributed by atoms with Crippen LogP contribution in [0.2, 0.25) is 0 Å². The molecule has 0 spiro atoms. The first-order valence-electron chi connectivity index (χ1n) is 16.9. The Hall–Kier alpha value is -4.51. The molecule has 1 atom stereocenters. The van der Waals surface area contributed by atoms with E-state index in [4.69, 9.17) is 9.72 Å². The number of carbonyl (C=O) groups is 1. The number of fused-ring (bicyclic) bond motifs is 4. The molecule has 4 aliphatic rings. The smallest absolute Gasteiger partial charge is 0.264 e. The molecule has 6 bridgehead atoms. The number of pyridine rings is 1. The number of nitrogens with one attached hydrogen (secondary N) is 1. The lowest BCUT2D eigenvalue weighted by Crippen LogP contribution is -2.67. The first-order chi connectivity index (χ1) is 23.2. The van der Waals surface area contributed by atoms with Gasteiger partial charge in [0.15, 0.2) is 0 Å². The van der Waals surface area contributed by atoms with Crippen molar-refractivity contribution in [3.8, 4) is 17.1 Å². The number of ether oxygens (including phenoxy) is 1. The van der Waals surface area contributed by atoms with Gasteiger partial charge in [-0.05, 0) is 92.3 Å². The van der Waals surface area contributed by atoms with E-state index in [0.29, 0.717) is 12.1 Å². The Labute approximate surface area is 289 Å². The van der Waals surface area contributed by atoms with E-state index in [2.05, 4.69) is 53.5 Å². The summed E-state index contributed by atoms with van der Waals surface area (Å²) < 4.78 is 36.3. The highest BCUT2D eigenvalue weighted by Gasteiger charge is 2.59. The maximum absolute atomic E-state index is 14.5. The van der Waals surface area contributed by atoms with Gasteiger partial charge in [-0.1, -0.05) is 45.0 Å². The van der Waals surface area contributed by atoms with E-state index in [0.717, 1.165) is 34.0 Å². The molecule has 0 saturated heterocycles. The zero-order valence-electron chi connectivity index (χ0n) is 29.0. The second kappa shape index (κ2) is 12.1. The summed E-state index contributed by atoms with van der Waals surface area (Å²) >= 11 is 0. The summed E-state index contributed by atoms with van der Waals surface area (Å²) in [4.78, 5) is 32.5. The average Bonchev–Trinajstić information content (AvgIpc) is 2.99. The van der Waals surface area contributed by atoms with Crippen LogP contribution in [0, 0.1) is 25.2 Å². The van der Waals surface area contributed by atoms with Crippen molar-refractivity contribution >= 4 is 27.6 Å². The van der Waals surface area contributed by atoms with Gasteiger partial charge in [0.05, 0.1) is 40.8 Å². The maximum Gasteiger partial charge on any atom is 0.264 e. The van der Waals surface area contributed by atoms with Gasteiger partial charge >= 0.3 is 0 Å². The largest absolute Gasteiger partial charge is 0.475 e. The number of anilines is 2. The lowest BCUT2D eigenvalue weighted by molar-refractivity contribution is -0.0210. The van der Waals surface area contributed by atoms with Crippen molar-refractivity contribution in [1.82, 2.24) is 19.9 Å². The van der Waals surface area contributed by atoms with Crippen LogP contribution in [0.1, 0.15) is 73.6 Å². The van der Waals surface area contributed by atoms with Crippen molar-refractivity contribution in [2.24, 2.45) is 11.3 Å². The van der Waals surface area contributed by atoms with E-state index in [-0.39, 0.29) is 52.3 Å². The number of sulfonamides is 1. The molecule has 3 aliphatic carbocycles. The van der Waals surface area contributed by atoms with Crippen LogP contribution >= 0.6 is 0 Å². The van der Waals surface area contributed by atoms with E-state index in [1.54, 1.807) is 23.1 Å². The highest BCUT2D eigenvalue weighted by atomic mass is 32.2. The maximum atomic E-state index is 14.5. The number of hydrogen-bond acceptors (Lipinski definition) is 8. The summed E-state index contributed by atoms with van der Waals surface area (Å²) in [7, 11) is -2.01. The van der Waals surface area contributed by atoms with Crippen LogP contribution in [0.5, 0.6) is 5.88 Å². The van der Waals surface area contributed by atoms with Crippen LogP contribution in [0.3, 0.4) is 0 Å². The minimum Gasteiger partial charge on any atom is -0.475 e. The fourth-order valence-electron chi connectivity index (χ4n) is 7.55. The quantitative estimate of drug-likeness (QED) is 0.237. The summed E-state index contributed by atoms with van der Waals surface area (Å²) in [5.74, 6) is 0.669. The van der Waals surface area contributed by atoms with Crippen LogP contribution in [0.15, 0.2) is 71.8 Å². The SMILES string of the molecule is Cc1cccc(C)c1-c1cc2nc(n1)NS(=O)(=O)c1cccc(c1)C(=O)N(Cc1ccc(N(C)C34CC(C3)C4)cn1)[C@H](CC(C)(C)C)CO2. The Balaban J connectivity index is 1.29. The zero-order valence-corrected chi connectivity index (χ0v) is 29.8. The third kappa shape index (κ3) is 6.48. The summed E-state index contributed by atoms with van der Waals surface area (Å²) in [6, 6.07) is 17.5. The first kappa shape index (κ1) is 33.0. The molecule has 10 nitrogen and oxygen atoms in total. The molecule has 2 aromatic heterocycles. The molecular formula is C38H44N6O4S. The third-order valence-electron chi connectivity index (χ3n) is 10.3. The molecule has 4 aromatic rings. The normalized spacial score (nSPS) is 22.7. The van der Waals surface area contributed by atoms with E-state index >= 15 is 0 Å². The highest BCUT2D eigenvalue weighted by molar-refractivity contribution is 7.92. The predicted octanol–water partition coefficient (Wildman–Crippen LogP) is 6.78. The van der Waals surface area contributed by atoms with E-state index < -0.39 is 16.1 Å². The standard InChI is InChI=1S/C38H44N6O4S/c1-24-9-7-10-25(2)34(24)32-16-33-41-36(40-32)42-49(46,47)31-12-8-11-27(15-31)35(45)44(30(23-48-33)20-37(3,4)5)22-28-13-14-29(21-39-28)43(6)38-17-26(18-38)19-38/h7-16,21,26,30H,17-20,22-23H2,1-6H3,(H,40,41,42)/t26?,30-,38?/m1/s1. The number of amides is 1. The Bertz CT molecular complexity index is 1990. The molecule has 0 unspecified atom stereocenters. The van der Waals surface area contributed by atoms with E-state index in [1.807, 2.05) is 44.3 Å². The molecular weight excluding hydrogens is 637 g/mol. The van der Waals surface area contributed by atoms with Gasteiger partial charge < -0.3 is 14.5 Å². The molecule has 1 amide bonds. The Kier molecular flexibility index (Phi) is 8.16. The van der Waals surface area contributed by atoms with Crippen LogP contribution in [0.25, 0.3) is 11.3 Å². The van der Waals surface area contributed by atoms with Gasteiger partial charge in [0.25, 0.3) is 15.9 Å². The molecule has 3 saturated carbocycles. The van der Waals surface area contributed by atoms with Gasteiger partial charge in [-0.25, -0.2) is 18.1 Å². The molecule has 3 fully saturated rings. The van der Waals surface area contributed by atoms with Crippen LogP contribution in [-0.2, 0) is 16.6 Å². The Morgan fingerprint density at radius 1 is 1.00 bits per heavy atom. The molecule has 256 valence electrons. The zero-order chi connectivity index (χ0) is 34.7. The number of aromatic nitrogens is 3. The van der Waals surface area contributed by atoms with Crippen molar-refractivity contribution in [3.05, 3.63) is 89.2 Å². The molecule has 0 radical (unpaired) electrons. The second-order valence-electron chi connectivity index (χ2n) is 15.2. The topological polar surface area (TPSA) is 118 Å². The lowest BCUT2D eigenvalue weighted by Gasteiger charge is -2.66. The second-order valence-corrected chi connectivity index (χ2v) is 16.9. The fraction of sp³-hybridized carbons (Fsp3) is 0.421. The molecule has 2 aromatic carbocycles. The third-order valence-corrected chi connectivity index (χ3v) is 11.6. The van der Waals surface area contributed by atoms with Gasteiger partial charge in [0.1, 0.15) is 6.61 Å². The molecule has 8 rings (SSSR count). The summed E-state index contributed by atoms with van der Waals surface area (Å²) in [6.45, 7) is 10.7. The minimum atomic E-state index is -4.16. The lowest BCUT2D eigenvalue weighted by atomic mass is 9.49. The molecule has 1 N–H and O–H groups in total. The number of nitrogens with zero attached hydrogens (tertiary/aromatic N) is 5. The molecule has 1 aliphatic heterocycles. The van der Waals surface area contributed by atoms with Crippen molar-refractivity contribution in [2.45, 2.75) is 83.3 Å². The summed E-state index contributed by atoms with van der Waals surface area (Å²) in [5, 5.41) is 0. The monoisotopic (exact) mass is 680 g/mol. The number of hydrogen-bond donors (Lipinski definition) is 1. The number of aryl methyl sites for hydroxylation is 2. The van der Waals surface area contributed by atoms with Gasteiger partial charge in [0.2, 0.25) is 11.8 Å². The average molecular weight is 681 g/mol. The van der Waals surface area contributed by atoms with Crippen LogP contribution in [0.4, 0.5) is 11.6 Å². The highest BCUT2D eigenvalue weighted by Crippen LogP contribution is 2.60. The van der Waals surface area contributed by atoms with Gasteiger partial charge in [0, 0.05) is 29.8 Å². The van der Waals surface area contributed by atoms with Crippen molar-refractivity contribution in [2.75, 3.05) is 23.3 Å². The molecule has 3 heterocycles. The number of carbonyl (C=O) groups excluding carboxylic acids is 1. The Morgan fingerprint density at radius 2 is 1.71 bits per heavy atom. The number of rotatable bonds is 6. The van der Waals surface area contributed by atoms with Crippen molar-refractivity contribution in [3.63, 3.8) is 0 Å². The van der Waals surface area contributed by atoms with E-state index in [1.165, 1.54) is 31.4 Å². The molecule has 49 heavy (non-hydrogen) atoms. The van der Waals surface area contributed by atoms with E-state index in [9.17, 15) is 13.2 Å². The van der Waals surface area contributed by atoms with Gasteiger partial charge in [-0.2, -0.15) is 4.98 Å². The van der Waals surface area contributed by atoms with Crippen LogP contribution < -0.4 is 14.4 Å². The van der Waals surface area contributed by atoms with Gasteiger partial charge in [-0.3, -0.25) is 9.78 Å². The minimum absolute atomic E-state index is 0.0624. The Morgan fingerprint density at radius 3 is 2.35 bits per heavy atom. The fourth-order valence-corrected chi connectivity index (χ4v) is 8.54. The van der Waals surface area contributed by atoms with Crippen molar-refractivity contribution in [1.29, 1.82) is 0 Å².